The predicted octanol–water partition coefficient (Wildman–Crippen LogP) is 1.76. The number of nitrogens with one attached hydrogen (secondary N) is 1. The number of hydrogen-bond acceptors (Lipinski definition) is 3. The Morgan fingerprint density at radius 2 is 2.29 bits per heavy atom. The van der Waals surface area contributed by atoms with Gasteiger partial charge in [-0.15, -0.1) is 0 Å². The number of hydrogen-bond donors (Lipinski definition) is 1. The van der Waals surface area contributed by atoms with Crippen LogP contribution in [0.4, 0.5) is 0 Å². The fourth-order valence-corrected chi connectivity index (χ4v) is 2.14. The third-order valence-electron chi connectivity index (χ3n) is 2.91. The van der Waals surface area contributed by atoms with Crippen molar-refractivity contribution in [2.24, 2.45) is 0 Å². The summed E-state index contributed by atoms with van der Waals surface area (Å²) >= 11 is 0. The van der Waals surface area contributed by atoms with E-state index in [4.69, 9.17) is 4.74 Å². The minimum Gasteiger partial charge on any atom is -0.493 e. The van der Waals surface area contributed by atoms with E-state index in [-0.39, 0.29) is 5.56 Å². The average Bonchev–Trinajstić information content (AvgIpc) is 2.38. The number of H-pyrrole nitrogens is 1. The molecule has 0 saturated heterocycles. The van der Waals surface area contributed by atoms with Gasteiger partial charge in [0, 0.05) is 17.2 Å². The highest BCUT2D eigenvalue weighted by molar-refractivity contribution is 5.71. The van der Waals surface area contributed by atoms with Gasteiger partial charge in [0.15, 0.2) is 0 Å². The normalized spacial score (nSPS) is 13.9. The Kier molecular flexibility index (Phi) is 2.40. The topological polar surface area (TPSA) is 55.0 Å². The molecule has 1 N–H and O–H groups in total. The van der Waals surface area contributed by atoms with E-state index < -0.39 is 0 Å². The van der Waals surface area contributed by atoms with Gasteiger partial charge in [-0.2, -0.15) is 5.10 Å². The number of benzene rings is 1. The summed E-state index contributed by atoms with van der Waals surface area (Å²) in [6, 6.07) is 7.56. The third kappa shape index (κ3) is 1.82. The van der Waals surface area contributed by atoms with Gasteiger partial charge in [0.1, 0.15) is 5.75 Å². The predicted molar refractivity (Wildman–Crippen MR) is 64.1 cm³/mol. The molecule has 4 heteroatoms. The molecule has 0 fully saturated rings. The van der Waals surface area contributed by atoms with Crippen molar-refractivity contribution >= 4 is 0 Å². The molecule has 0 atom stereocenters. The summed E-state index contributed by atoms with van der Waals surface area (Å²) in [5.41, 5.74) is 2.75. The van der Waals surface area contributed by atoms with Crippen LogP contribution < -0.4 is 10.3 Å². The summed E-state index contributed by atoms with van der Waals surface area (Å²) in [5.74, 6) is 0.895. The first kappa shape index (κ1) is 10.1. The van der Waals surface area contributed by atoms with Gasteiger partial charge < -0.3 is 4.74 Å². The van der Waals surface area contributed by atoms with Gasteiger partial charge in [-0.3, -0.25) is 4.79 Å². The summed E-state index contributed by atoms with van der Waals surface area (Å²) in [7, 11) is 0. The molecule has 0 saturated carbocycles. The zero-order valence-corrected chi connectivity index (χ0v) is 9.27. The van der Waals surface area contributed by atoms with Crippen LogP contribution in [0.1, 0.15) is 12.0 Å². The molecule has 2 heterocycles. The summed E-state index contributed by atoms with van der Waals surface area (Å²) in [6.07, 6.45) is 3.72. The SMILES string of the molecule is O=c1cc(-c2cccc3c2OCCC3)cn[nH]1. The molecular weight excluding hydrogens is 216 g/mol. The van der Waals surface area contributed by atoms with Crippen molar-refractivity contribution in [3.05, 3.63) is 46.4 Å². The van der Waals surface area contributed by atoms with Gasteiger partial charge in [-0.25, -0.2) is 5.10 Å². The van der Waals surface area contributed by atoms with Crippen LogP contribution in [0.5, 0.6) is 5.75 Å². The Labute approximate surface area is 98.3 Å². The van der Waals surface area contributed by atoms with E-state index in [1.54, 1.807) is 12.3 Å². The Morgan fingerprint density at radius 1 is 1.35 bits per heavy atom. The minimum absolute atomic E-state index is 0.198. The van der Waals surface area contributed by atoms with Gasteiger partial charge in [0.25, 0.3) is 5.56 Å². The molecule has 0 spiro atoms. The number of aromatic nitrogens is 2. The van der Waals surface area contributed by atoms with Crippen molar-refractivity contribution in [2.75, 3.05) is 6.61 Å². The Balaban J connectivity index is 2.18. The summed E-state index contributed by atoms with van der Waals surface area (Å²) < 4.78 is 5.71. The fraction of sp³-hybridized carbons (Fsp3) is 0.231. The Morgan fingerprint density at radius 3 is 3.18 bits per heavy atom. The van der Waals surface area contributed by atoms with Crippen molar-refractivity contribution in [1.82, 2.24) is 10.2 Å². The number of aryl methyl sites for hydroxylation is 1. The number of aromatic amines is 1. The molecule has 0 bridgehead atoms. The molecule has 3 rings (SSSR count). The fourth-order valence-electron chi connectivity index (χ4n) is 2.14. The first-order chi connectivity index (χ1) is 8.34. The minimum atomic E-state index is -0.198. The summed E-state index contributed by atoms with van der Waals surface area (Å²) in [5, 5.41) is 6.19. The van der Waals surface area contributed by atoms with Crippen molar-refractivity contribution < 1.29 is 4.74 Å². The first-order valence-electron chi connectivity index (χ1n) is 5.64. The number of fused-ring (bicyclic) bond motifs is 1. The van der Waals surface area contributed by atoms with Gasteiger partial charge in [0.05, 0.1) is 12.8 Å². The lowest BCUT2D eigenvalue weighted by atomic mass is 9.99. The van der Waals surface area contributed by atoms with E-state index in [0.717, 1.165) is 36.3 Å². The second-order valence-corrected chi connectivity index (χ2v) is 4.08. The highest BCUT2D eigenvalue weighted by Crippen LogP contribution is 2.35. The highest BCUT2D eigenvalue weighted by atomic mass is 16.5. The summed E-state index contributed by atoms with van der Waals surface area (Å²) in [6.45, 7) is 0.737. The van der Waals surface area contributed by atoms with Crippen LogP contribution in [0.3, 0.4) is 0 Å². The molecule has 1 aliphatic heterocycles. The van der Waals surface area contributed by atoms with Crippen molar-refractivity contribution in [1.29, 1.82) is 0 Å². The molecule has 0 aliphatic carbocycles. The van der Waals surface area contributed by atoms with E-state index in [2.05, 4.69) is 16.3 Å². The maximum absolute atomic E-state index is 11.3. The zero-order valence-electron chi connectivity index (χ0n) is 9.27. The van der Waals surface area contributed by atoms with E-state index in [1.165, 1.54) is 5.56 Å². The van der Waals surface area contributed by atoms with Crippen LogP contribution in [0, 0.1) is 0 Å². The lowest BCUT2D eigenvalue weighted by Crippen LogP contribution is -2.10. The lowest BCUT2D eigenvalue weighted by molar-refractivity contribution is 0.289. The van der Waals surface area contributed by atoms with Crippen LogP contribution in [0.2, 0.25) is 0 Å². The molecule has 1 aliphatic rings. The molecule has 1 aromatic carbocycles. The smallest absolute Gasteiger partial charge is 0.264 e. The third-order valence-corrected chi connectivity index (χ3v) is 2.91. The lowest BCUT2D eigenvalue weighted by Gasteiger charge is -2.20. The van der Waals surface area contributed by atoms with Crippen molar-refractivity contribution in [3.63, 3.8) is 0 Å². The van der Waals surface area contributed by atoms with Crippen molar-refractivity contribution in [2.45, 2.75) is 12.8 Å². The first-order valence-corrected chi connectivity index (χ1v) is 5.64. The van der Waals surface area contributed by atoms with E-state index >= 15 is 0 Å². The van der Waals surface area contributed by atoms with Gasteiger partial charge >= 0.3 is 0 Å². The second kappa shape index (κ2) is 4.05. The summed E-state index contributed by atoms with van der Waals surface area (Å²) in [4.78, 5) is 11.3. The maximum atomic E-state index is 11.3. The molecule has 1 aromatic heterocycles. The number of para-hydroxylation sites is 1. The molecule has 17 heavy (non-hydrogen) atoms. The van der Waals surface area contributed by atoms with Crippen LogP contribution >= 0.6 is 0 Å². The zero-order chi connectivity index (χ0) is 11.7. The standard InChI is InChI=1S/C13H12N2O2/c16-12-7-10(8-14-15-12)11-5-1-3-9-4-2-6-17-13(9)11/h1,3,5,7-8H,2,4,6H2,(H,15,16). The number of rotatable bonds is 1. The molecular formula is C13H12N2O2. The van der Waals surface area contributed by atoms with E-state index in [1.807, 2.05) is 12.1 Å². The highest BCUT2D eigenvalue weighted by Gasteiger charge is 2.15. The molecule has 86 valence electrons. The van der Waals surface area contributed by atoms with Gasteiger partial charge in [-0.1, -0.05) is 18.2 Å². The van der Waals surface area contributed by atoms with Gasteiger partial charge in [-0.05, 0) is 18.4 Å². The average molecular weight is 228 g/mol. The van der Waals surface area contributed by atoms with Crippen LogP contribution in [0.15, 0.2) is 35.3 Å². The largest absolute Gasteiger partial charge is 0.493 e. The number of nitrogens with zero attached hydrogens (tertiary/aromatic N) is 1. The number of ether oxygens (including phenoxy) is 1. The quantitative estimate of drug-likeness (QED) is 0.809. The maximum Gasteiger partial charge on any atom is 0.264 e. The van der Waals surface area contributed by atoms with E-state index in [9.17, 15) is 4.79 Å². The molecule has 0 unspecified atom stereocenters. The molecule has 2 aromatic rings. The Hall–Kier alpha value is -2.10. The molecule has 0 amide bonds. The van der Waals surface area contributed by atoms with Crippen LogP contribution in [-0.2, 0) is 6.42 Å². The second-order valence-electron chi connectivity index (χ2n) is 4.08. The Bertz CT molecular complexity index is 604. The molecule has 4 nitrogen and oxygen atoms in total. The van der Waals surface area contributed by atoms with E-state index in [0.29, 0.717) is 0 Å². The molecule has 0 radical (unpaired) electrons. The van der Waals surface area contributed by atoms with Crippen LogP contribution in [-0.4, -0.2) is 16.8 Å². The van der Waals surface area contributed by atoms with Gasteiger partial charge in [0.2, 0.25) is 0 Å². The van der Waals surface area contributed by atoms with Crippen molar-refractivity contribution in [3.8, 4) is 16.9 Å². The monoisotopic (exact) mass is 228 g/mol. The van der Waals surface area contributed by atoms with Crippen LogP contribution in [0.25, 0.3) is 11.1 Å².